The Bertz CT molecular complexity index is 751. The fourth-order valence-electron chi connectivity index (χ4n) is 3.18. The number of furan rings is 1. The van der Waals surface area contributed by atoms with Gasteiger partial charge in [-0.25, -0.2) is 4.98 Å². The summed E-state index contributed by atoms with van der Waals surface area (Å²) in [6.45, 7) is 1.92. The van der Waals surface area contributed by atoms with E-state index in [1.165, 1.54) is 6.26 Å². The first-order valence-electron chi connectivity index (χ1n) is 8.75. The van der Waals surface area contributed by atoms with Gasteiger partial charge in [-0.2, -0.15) is 0 Å². The summed E-state index contributed by atoms with van der Waals surface area (Å²) in [5.41, 5.74) is 0.906. The SMILES string of the molecule is O=C(NCc1csc([C@@H]2CCCN(C(=O)c3ccco3)C2)n1)C1CC1. The lowest BCUT2D eigenvalue weighted by atomic mass is 9.98. The monoisotopic (exact) mass is 359 g/mol. The average Bonchev–Trinajstić information content (AvgIpc) is 3.15. The molecule has 0 unspecified atom stereocenters. The van der Waals surface area contributed by atoms with E-state index in [1.807, 2.05) is 10.3 Å². The number of hydrogen-bond donors (Lipinski definition) is 1. The van der Waals surface area contributed by atoms with Crippen LogP contribution in [0.5, 0.6) is 0 Å². The van der Waals surface area contributed by atoms with Crippen molar-refractivity contribution in [2.24, 2.45) is 5.92 Å². The van der Waals surface area contributed by atoms with Gasteiger partial charge >= 0.3 is 0 Å². The minimum atomic E-state index is -0.0526. The van der Waals surface area contributed by atoms with Crippen LogP contribution < -0.4 is 5.32 Å². The fraction of sp³-hybridized carbons (Fsp3) is 0.500. The summed E-state index contributed by atoms with van der Waals surface area (Å²) in [5.74, 6) is 0.956. The molecule has 2 aromatic heterocycles. The van der Waals surface area contributed by atoms with Crippen molar-refractivity contribution in [3.05, 3.63) is 40.2 Å². The van der Waals surface area contributed by atoms with Crippen LogP contribution in [0.4, 0.5) is 0 Å². The maximum absolute atomic E-state index is 12.5. The Hall–Kier alpha value is -2.15. The summed E-state index contributed by atoms with van der Waals surface area (Å²) >= 11 is 1.62. The summed E-state index contributed by atoms with van der Waals surface area (Å²) in [6, 6.07) is 3.44. The summed E-state index contributed by atoms with van der Waals surface area (Å²) in [5, 5.41) is 6.01. The molecule has 3 heterocycles. The Labute approximate surface area is 150 Å². The molecule has 0 bridgehead atoms. The van der Waals surface area contributed by atoms with Crippen LogP contribution in [0.25, 0.3) is 0 Å². The van der Waals surface area contributed by atoms with Gasteiger partial charge in [0.2, 0.25) is 5.91 Å². The smallest absolute Gasteiger partial charge is 0.289 e. The summed E-state index contributed by atoms with van der Waals surface area (Å²) in [4.78, 5) is 30.7. The van der Waals surface area contributed by atoms with E-state index in [-0.39, 0.29) is 23.7 Å². The molecule has 1 aliphatic heterocycles. The van der Waals surface area contributed by atoms with Crippen molar-refractivity contribution in [2.45, 2.75) is 38.1 Å². The predicted molar refractivity (Wildman–Crippen MR) is 93.3 cm³/mol. The summed E-state index contributed by atoms with van der Waals surface area (Å²) in [7, 11) is 0. The number of nitrogens with zero attached hydrogens (tertiary/aromatic N) is 2. The van der Waals surface area contributed by atoms with E-state index in [2.05, 4.69) is 10.3 Å². The molecule has 2 amide bonds. The van der Waals surface area contributed by atoms with Crippen LogP contribution in [-0.4, -0.2) is 34.8 Å². The van der Waals surface area contributed by atoms with Gasteiger partial charge in [0.15, 0.2) is 5.76 Å². The first-order chi connectivity index (χ1) is 12.2. The third-order valence-electron chi connectivity index (χ3n) is 4.75. The standard InChI is InChI=1S/C18H21N3O3S/c22-16(12-5-6-12)19-9-14-11-25-17(20-14)13-3-1-7-21(10-13)18(23)15-4-2-8-24-15/h2,4,8,11-13H,1,3,5-7,9-10H2,(H,19,22)/t13-/m1/s1. The van der Waals surface area contributed by atoms with Crippen LogP contribution in [0.2, 0.25) is 0 Å². The van der Waals surface area contributed by atoms with Gasteiger partial charge in [0.1, 0.15) is 0 Å². The van der Waals surface area contributed by atoms with Crippen LogP contribution in [0.3, 0.4) is 0 Å². The zero-order valence-electron chi connectivity index (χ0n) is 13.9. The molecule has 0 spiro atoms. The molecular formula is C18H21N3O3S. The van der Waals surface area contributed by atoms with Crippen LogP contribution in [-0.2, 0) is 11.3 Å². The Balaban J connectivity index is 1.36. The molecule has 1 saturated carbocycles. The Morgan fingerprint density at radius 3 is 3.00 bits per heavy atom. The first-order valence-corrected chi connectivity index (χ1v) is 9.63. The number of nitrogens with one attached hydrogen (secondary N) is 1. The van der Waals surface area contributed by atoms with Crippen molar-refractivity contribution in [1.82, 2.24) is 15.2 Å². The molecule has 7 heteroatoms. The first kappa shape index (κ1) is 16.3. The second kappa shape index (κ2) is 7.00. The third kappa shape index (κ3) is 3.76. The number of carbonyl (C=O) groups is 2. The second-order valence-corrected chi connectivity index (χ2v) is 7.63. The van der Waals surface area contributed by atoms with Gasteiger partial charge in [0.25, 0.3) is 5.91 Å². The molecule has 0 aromatic carbocycles. The van der Waals surface area contributed by atoms with Crippen molar-refractivity contribution >= 4 is 23.2 Å². The topological polar surface area (TPSA) is 75.4 Å². The van der Waals surface area contributed by atoms with Gasteiger partial charge in [0, 0.05) is 30.3 Å². The van der Waals surface area contributed by atoms with Gasteiger partial charge in [0.05, 0.1) is 23.5 Å². The normalized spacial score (nSPS) is 20.5. The minimum Gasteiger partial charge on any atom is -0.459 e. The average molecular weight is 359 g/mol. The van der Waals surface area contributed by atoms with E-state index >= 15 is 0 Å². The van der Waals surface area contributed by atoms with E-state index < -0.39 is 0 Å². The number of carbonyl (C=O) groups excluding carboxylic acids is 2. The highest BCUT2D eigenvalue weighted by molar-refractivity contribution is 7.09. The van der Waals surface area contributed by atoms with Crippen molar-refractivity contribution in [2.75, 3.05) is 13.1 Å². The molecule has 2 aromatic rings. The molecule has 0 radical (unpaired) electrons. The zero-order chi connectivity index (χ0) is 17.2. The van der Waals surface area contributed by atoms with E-state index in [0.29, 0.717) is 18.8 Å². The number of amides is 2. The lowest BCUT2D eigenvalue weighted by molar-refractivity contribution is -0.122. The quantitative estimate of drug-likeness (QED) is 0.891. The van der Waals surface area contributed by atoms with Crippen LogP contribution in [0.1, 0.15) is 52.9 Å². The predicted octanol–water partition coefficient (Wildman–Crippen LogP) is 2.78. The highest BCUT2D eigenvalue weighted by Crippen LogP contribution is 2.31. The molecule has 2 aliphatic rings. The highest BCUT2D eigenvalue weighted by atomic mass is 32.1. The zero-order valence-corrected chi connectivity index (χ0v) is 14.8. The maximum atomic E-state index is 12.5. The van der Waals surface area contributed by atoms with Crippen molar-refractivity contribution < 1.29 is 14.0 Å². The molecule has 1 saturated heterocycles. The largest absolute Gasteiger partial charge is 0.459 e. The van der Waals surface area contributed by atoms with Crippen LogP contribution >= 0.6 is 11.3 Å². The fourth-order valence-corrected chi connectivity index (χ4v) is 4.13. The van der Waals surface area contributed by atoms with Gasteiger partial charge in [-0.1, -0.05) is 0 Å². The van der Waals surface area contributed by atoms with Gasteiger partial charge in [-0.15, -0.1) is 11.3 Å². The van der Waals surface area contributed by atoms with Gasteiger partial charge in [-0.3, -0.25) is 9.59 Å². The molecule has 1 N–H and O–H groups in total. The summed E-state index contributed by atoms with van der Waals surface area (Å²) in [6.07, 6.45) is 5.54. The Morgan fingerprint density at radius 2 is 2.24 bits per heavy atom. The molecule has 4 rings (SSSR count). The Morgan fingerprint density at radius 1 is 1.36 bits per heavy atom. The van der Waals surface area contributed by atoms with Gasteiger partial charge in [-0.05, 0) is 37.8 Å². The Kier molecular flexibility index (Phi) is 4.57. The second-order valence-electron chi connectivity index (χ2n) is 6.74. The number of likely N-dealkylation sites (tertiary alicyclic amines) is 1. The van der Waals surface area contributed by atoms with E-state index in [1.54, 1.807) is 23.5 Å². The molecule has 6 nitrogen and oxygen atoms in total. The molecular weight excluding hydrogens is 338 g/mol. The summed E-state index contributed by atoms with van der Waals surface area (Å²) < 4.78 is 5.23. The third-order valence-corrected chi connectivity index (χ3v) is 5.81. The van der Waals surface area contributed by atoms with E-state index in [9.17, 15) is 9.59 Å². The van der Waals surface area contributed by atoms with E-state index in [4.69, 9.17) is 4.42 Å². The van der Waals surface area contributed by atoms with E-state index in [0.717, 1.165) is 42.9 Å². The maximum Gasteiger partial charge on any atom is 0.289 e. The lowest BCUT2D eigenvalue weighted by Crippen LogP contribution is -2.39. The number of aromatic nitrogens is 1. The molecule has 1 atom stereocenters. The van der Waals surface area contributed by atoms with Crippen LogP contribution in [0.15, 0.2) is 28.2 Å². The lowest BCUT2D eigenvalue weighted by Gasteiger charge is -2.31. The number of hydrogen-bond acceptors (Lipinski definition) is 5. The molecule has 132 valence electrons. The van der Waals surface area contributed by atoms with Crippen LogP contribution in [0, 0.1) is 5.92 Å². The molecule has 1 aliphatic carbocycles. The number of thiazole rings is 1. The highest BCUT2D eigenvalue weighted by Gasteiger charge is 2.30. The van der Waals surface area contributed by atoms with Crippen molar-refractivity contribution in [1.29, 1.82) is 0 Å². The molecule has 25 heavy (non-hydrogen) atoms. The number of piperidine rings is 1. The molecule has 2 fully saturated rings. The van der Waals surface area contributed by atoms with Crippen molar-refractivity contribution in [3.63, 3.8) is 0 Å². The van der Waals surface area contributed by atoms with Gasteiger partial charge < -0.3 is 14.6 Å². The van der Waals surface area contributed by atoms with Crippen molar-refractivity contribution in [3.8, 4) is 0 Å². The number of rotatable bonds is 5. The minimum absolute atomic E-state index is 0.0526.